The molecule has 2 fully saturated rings. The van der Waals surface area contributed by atoms with Crippen molar-refractivity contribution in [2.75, 3.05) is 0 Å². The summed E-state index contributed by atoms with van der Waals surface area (Å²) in [6.07, 6.45) is 15.1. The van der Waals surface area contributed by atoms with Crippen molar-refractivity contribution in [3.63, 3.8) is 0 Å². The van der Waals surface area contributed by atoms with Crippen molar-refractivity contribution in [1.29, 1.82) is 0 Å². The van der Waals surface area contributed by atoms with Gasteiger partial charge in [0.05, 0.1) is 22.8 Å². The van der Waals surface area contributed by atoms with Gasteiger partial charge in [-0.3, -0.25) is 9.97 Å². The maximum Gasteiger partial charge on any atom is 0.132 e. The summed E-state index contributed by atoms with van der Waals surface area (Å²) < 4.78 is 7.49. The molecule has 0 saturated heterocycles. The maximum atomic E-state index is 7.49. The number of hydrogen-bond donors (Lipinski definition) is 0. The average Bonchev–Trinajstić information content (AvgIpc) is 3.33. The molecule has 8 aliphatic carbocycles. The van der Waals surface area contributed by atoms with E-state index in [1.807, 2.05) is 0 Å². The van der Waals surface area contributed by atoms with Gasteiger partial charge >= 0.3 is 0 Å². The van der Waals surface area contributed by atoms with Gasteiger partial charge < -0.3 is 4.74 Å². The molecule has 2 aromatic heterocycles. The van der Waals surface area contributed by atoms with E-state index < -0.39 is 5.41 Å². The first-order valence-corrected chi connectivity index (χ1v) is 25.9. The van der Waals surface area contributed by atoms with Crippen LogP contribution in [-0.2, 0) is 27.1 Å². The summed E-state index contributed by atoms with van der Waals surface area (Å²) in [5.41, 5.74) is 20.0. The average molecular weight is 869 g/mol. The predicted molar refractivity (Wildman–Crippen MR) is 270 cm³/mol. The summed E-state index contributed by atoms with van der Waals surface area (Å²) in [4.78, 5) is 11.9. The fraction of sp³-hybridized carbons (Fsp3) is 0.460. The number of pyridine rings is 2. The summed E-state index contributed by atoms with van der Waals surface area (Å²) >= 11 is 0. The van der Waals surface area contributed by atoms with Crippen molar-refractivity contribution in [3.8, 4) is 34.0 Å². The van der Waals surface area contributed by atoms with Crippen LogP contribution in [0.25, 0.3) is 22.5 Å². The molecule has 0 spiro atoms. The molecule has 3 heterocycles. The Kier molecular flexibility index (Phi) is 8.75. The largest absolute Gasteiger partial charge is 0.457 e. The van der Waals surface area contributed by atoms with Crippen LogP contribution >= 0.6 is 0 Å². The monoisotopic (exact) mass is 869 g/mol. The third kappa shape index (κ3) is 5.92. The number of benzene rings is 4. The molecule has 1 aliphatic heterocycles. The van der Waals surface area contributed by atoms with Gasteiger partial charge in [0.25, 0.3) is 0 Å². The molecule has 66 heavy (non-hydrogen) atoms. The van der Waals surface area contributed by atoms with Gasteiger partial charge in [-0.1, -0.05) is 91.8 Å². The molecule has 0 amide bonds. The van der Waals surface area contributed by atoms with Crippen LogP contribution in [-0.4, -0.2) is 9.97 Å². The number of fused-ring (bicyclic) bond motifs is 8. The van der Waals surface area contributed by atoms with Crippen LogP contribution in [0.15, 0.2) is 97.1 Å². The zero-order chi connectivity index (χ0) is 45.1. The molecule has 15 rings (SSSR count). The maximum absolute atomic E-state index is 7.49. The SMILES string of the molecule is CC1(C)CCC(C)(C)c2cc3c(cc21)Oc1cc2c(cc1C3(c1cccc(-c3ccc4c(c3)C3CCC4CC3)n1)c1cccc(-c3ccc4c(c3)C3CCC4CC3)n1)C(C)(C)CCC2(C)C. The first-order valence-electron chi connectivity index (χ1n) is 25.9. The first kappa shape index (κ1) is 41.2. The minimum absolute atomic E-state index is 0.0106. The molecule has 4 aromatic carbocycles. The van der Waals surface area contributed by atoms with E-state index in [1.54, 1.807) is 22.3 Å². The molecule has 4 bridgehead atoms. The molecule has 336 valence electrons. The summed E-state index contributed by atoms with van der Waals surface area (Å²) in [6, 6.07) is 38.4. The zero-order valence-corrected chi connectivity index (χ0v) is 40.8. The molecule has 0 atom stereocenters. The lowest BCUT2D eigenvalue weighted by Crippen LogP contribution is -2.40. The number of hydrogen-bond acceptors (Lipinski definition) is 3. The fourth-order valence-corrected chi connectivity index (χ4v) is 14.8. The van der Waals surface area contributed by atoms with Crippen LogP contribution in [0, 0.1) is 0 Å². The normalized spacial score (nSPS) is 25.9. The second-order valence-electron chi connectivity index (χ2n) is 24.8. The Morgan fingerprint density at radius 1 is 0.379 bits per heavy atom. The van der Waals surface area contributed by atoms with Gasteiger partial charge in [0.2, 0.25) is 0 Å². The highest BCUT2D eigenvalue weighted by atomic mass is 16.5. The quantitative estimate of drug-likeness (QED) is 0.177. The smallest absolute Gasteiger partial charge is 0.132 e. The number of aromatic nitrogens is 2. The van der Waals surface area contributed by atoms with E-state index in [4.69, 9.17) is 14.7 Å². The van der Waals surface area contributed by atoms with E-state index in [0.717, 1.165) is 71.1 Å². The molecule has 9 aliphatic rings. The third-order valence-electron chi connectivity index (χ3n) is 19.2. The number of ether oxygens (including phenoxy) is 1. The van der Waals surface area contributed by atoms with E-state index in [9.17, 15) is 0 Å². The zero-order valence-electron chi connectivity index (χ0n) is 40.8. The molecule has 0 unspecified atom stereocenters. The molecular formula is C63H68N2O. The van der Waals surface area contributed by atoms with Gasteiger partial charge in [-0.25, -0.2) is 0 Å². The van der Waals surface area contributed by atoms with E-state index in [0.29, 0.717) is 23.7 Å². The topological polar surface area (TPSA) is 35.0 Å². The van der Waals surface area contributed by atoms with Crippen LogP contribution in [0.1, 0.15) is 223 Å². The lowest BCUT2D eigenvalue weighted by atomic mass is 9.58. The van der Waals surface area contributed by atoms with Crippen molar-refractivity contribution in [3.05, 3.63) is 164 Å². The molecular weight excluding hydrogens is 801 g/mol. The Bertz CT molecular complexity index is 2800. The lowest BCUT2D eigenvalue weighted by Gasteiger charge is -2.47. The van der Waals surface area contributed by atoms with Crippen molar-refractivity contribution in [2.24, 2.45) is 0 Å². The third-order valence-corrected chi connectivity index (χ3v) is 19.2. The molecule has 3 heteroatoms. The Morgan fingerprint density at radius 3 is 1.11 bits per heavy atom. The summed E-state index contributed by atoms with van der Waals surface area (Å²) in [6.45, 7) is 19.6. The van der Waals surface area contributed by atoms with Gasteiger partial charge in [-0.05, 0) is 228 Å². The van der Waals surface area contributed by atoms with Gasteiger partial charge in [-0.15, -0.1) is 0 Å². The van der Waals surface area contributed by atoms with Crippen molar-refractivity contribution >= 4 is 0 Å². The van der Waals surface area contributed by atoms with Crippen LogP contribution in [0.4, 0.5) is 0 Å². The summed E-state index contributed by atoms with van der Waals surface area (Å²) in [7, 11) is 0. The Balaban J connectivity index is 1.11. The molecule has 3 nitrogen and oxygen atoms in total. The standard InChI is InChI=1S/C63H68N2O/c1-59(2)27-29-61(5,6)49-35-55-51(33-47(49)59)63(52-34-48-50(36-56(52)66-55)62(7,8)30-28-60(48,3)4,57-13-9-11-53(64-57)41-23-25-43-37-15-19-39(20-16-37)45(43)31-41)58-14-10-12-54(65-58)42-24-26-44-38-17-21-40(22-18-38)46(44)32-42/h9-14,23-26,31-40H,15-22,27-30H2,1-8H3. The first-order chi connectivity index (χ1) is 31.6. The fourth-order valence-electron chi connectivity index (χ4n) is 14.8. The highest BCUT2D eigenvalue weighted by molar-refractivity contribution is 5.74. The molecule has 2 saturated carbocycles. The van der Waals surface area contributed by atoms with Crippen LogP contribution < -0.4 is 4.74 Å². The molecule has 6 aromatic rings. The van der Waals surface area contributed by atoms with E-state index in [1.165, 1.54) is 84.7 Å². The number of nitrogens with zero attached hydrogens (tertiary/aromatic N) is 2. The highest BCUT2D eigenvalue weighted by Crippen LogP contribution is 2.61. The Hall–Kier alpha value is -5.02. The van der Waals surface area contributed by atoms with Gasteiger partial charge in [-0.2, -0.15) is 0 Å². The Labute approximate surface area is 394 Å². The van der Waals surface area contributed by atoms with Crippen LogP contribution in [0.5, 0.6) is 11.5 Å². The van der Waals surface area contributed by atoms with Crippen LogP contribution in [0.3, 0.4) is 0 Å². The molecule has 0 radical (unpaired) electrons. The van der Waals surface area contributed by atoms with Crippen molar-refractivity contribution in [2.45, 2.75) is 183 Å². The minimum Gasteiger partial charge on any atom is -0.457 e. The minimum atomic E-state index is -0.880. The lowest BCUT2D eigenvalue weighted by molar-refractivity contribution is 0.323. The summed E-state index contributed by atoms with van der Waals surface area (Å²) in [5.74, 6) is 4.62. The summed E-state index contributed by atoms with van der Waals surface area (Å²) in [5, 5.41) is 0. The second kappa shape index (κ2) is 14.0. The van der Waals surface area contributed by atoms with Crippen molar-refractivity contribution in [1.82, 2.24) is 9.97 Å². The number of rotatable bonds is 4. The predicted octanol–water partition coefficient (Wildman–Crippen LogP) is 16.5. The van der Waals surface area contributed by atoms with Gasteiger partial charge in [0, 0.05) is 22.3 Å². The van der Waals surface area contributed by atoms with E-state index in [-0.39, 0.29) is 21.7 Å². The van der Waals surface area contributed by atoms with Gasteiger partial charge in [0.1, 0.15) is 16.9 Å². The highest BCUT2D eigenvalue weighted by Gasteiger charge is 2.52. The second-order valence-corrected chi connectivity index (χ2v) is 24.8. The van der Waals surface area contributed by atoms with E-state index in [2.05, 4.69) is 152 Å². The molecule has 0 N–H and O–H groups in total. The van der Waals surface area contributed by atoms with Gasteiger partial charge in [0.15, 0.2) is 0 Å². The van der Waals surface area contributed by atoms with E-state index >= 15 is 0 Å². The van der Waals surface area contributed by atoms with Crippen molar-refractivity contribution < 1.29 is 4.74 Å². The van der Waals surface area contributed by atoms with Crippen LogP contribution in [0.2, 0.25) is 0 Å². The Morgan fingerprint density at radius 2 is 0.727 bits per heavy atom.